The van der Waals surface area contributed by atoms with Crippen molar-refractivity contribution in [1.29, 1.82) is 0 Å². The third kappa shape index (κ3) is 5.18. The van der Waals surface area contributed by atoms with Gasteiger partial charge in [-0.2, -0.15) is 0 Å². The average Bonchev–Trinajstić information content (AvgIpc) is 1.86. The minimum Gasteiger partial charge on any atom is -0.389 e. The van der Waals surface area contributed by atoms with Crippen LogP contribution in [0.15, 0.2) is 0 Å². The highest BCUT2D eigenvalue weighted by molar-refractivity contribution is 4.65. The van der Waals surface area contributed by atoms with Crippen LogP contribution in [0.5, 0.6) is 0 Å². The minimum atomic E-state index is -0.384. The van der Waals surface area contributed by atoms with E-state index in [0.717, 1.165) is 0 Å². The molecule has 0 aromatic heterocycles. The number of aliphatic hydroxyl groups is 1. The Hall–Kier alpha value is -0.120. The SMILES string of the molecule is CCOC(C)C(O)CN(C)C. The molecule has 0 rings (SSSR count). The van der Waals surface area contributed by atoms with Crippen LogP contribution in [0.25, 0.3) is 0 Å². The van der Waals surface area contributed by atoms with Crippen LogP contribution < -0.4 is 0 Å². The van der Waals surface area contributed by atoms with Gasteiger partial charge in [0.25, 0.3) is 0 Å². The molecule has 0 saturated carbocycles. The van der Waals surface area contributed by atoms with Gasteiger partial charge in [-0.25, -0.2) is 0 Å². The van der Waals surface area contributed by atoms with Gasteiger partial charge in [-0.15, -0.1) is 0 Å². The van der Waals surface area contributed by atoms with Crippen LogP contribution in [0.2, 0.25) is 0 Å². The van der Waals surface area contributed by atoms with Crippen LogP contribution in [0.4, 0.5) is 0 Å². The molecule has 3 heteroatoms. The quantitative estimate of drug-likeness (QED) is 0.631. The van der Waals surface area contributed by atoms with Crippen molar-refractivity contribution in [2.24, 2.45) is 0 Å². The zero-order valence-electron chi connectivity index (χ0n) is 7.87. The average molecular weight is 161 g/mol. The van der Waals surface area contributed by atoms with E-state index >= 15 is 0 Å². The molecular formula is C8H19NO2. The summed E-state index contributed by atoms with van der Waals surface area (Å²) in [6, 6.07) is 0. The van der Waals surface area contributed by atoms with Crippen molar-refractivity contribution in [2.45, 2.75) is 26.1 Å². The molecule has 1 N–H and O–H groups in total. The van der Waals surface area contributed by atoms with Crippen LogP contribution in [0.3, 0.4) is 0 Å². The first-order chi connectivity index (χ1) is 5.07. The summed E-state index contributed by atoms with van der Waals surface area (Å²) >= 11 is 0. The molecule has 0 radical (unpaired) electrons. The number of likely N-dealkylation sites (N-methyl/N-ethyl adjacent to an activating group) is 1. The molecule has 0 heterocycles. The Kier molecular flexibility index (Phi) is 5.46. The zero-order chi connectivity index (χ0) is 8.85. The largest absolute Gasteiger partial charge is 0.389 e. The number of hydrogen-bond acceptors (Lipinski definition) is 3. The summed E-state index contributed by atoms with van der Waals surface area (Å²) in [6.07, 6.45) is -0.452. The smallest absolute Gasteiger partial charge is 0.0925 e. The molecule has 0 fully saturated rings. The zero-order valence-corrected chi connectivity index (χ0v) is 7.87. The Morgan fingerprint density at radius 2 is 2.00 bits per heavy atom. The van der Waals surface area contributed by atoms with E-state index in [0.29, 0.717) is 13.2 Å². The van der Waals surface area contributed by atoms with E-state index < -0.39 is 0 Å². The van der Waals surface area contributed by atoms with Gasteiger partial charge in [-0.1, -0.05) is 0 Å². The van der Waals surface area contributed by atoms with Crippen molar-refractivity contribution < 1.29 is 9.84 Å². The van der Waals surface area contributed by atoms with Crippen LogP contribution in [-0.4, -0.2) is 49.5 Å². The molecule has 0 bridgehead atoms. The molecule has 3 nitrogen and oxygen atoms in total. The lowest BCUT2D eigenvalue weighted by molar-refractivity contribution is -0.0303. The molecule has 68 valence electrons. The summed E-state index contributed by atoms with van der Waals surface area (Å²) in [5, 5.41) is 9.45. The van der Waals surface area contributed by atoms with Gasteiger partial charge >= 0.3 is 0 Å². The van der Waals surface area contributed by atoms with E-state index in [4.69, 9.17) is 4.74 Å². The summed E-state index contributed by atoms with van der Waals surface area (Å²) < 4.78 is 5.23. The van der Waals surface area contributed by atoms with E-state index in [-0.39, 0.29) is 12.2 Å². The summed E-state index contributed by atoms with van der Waals surface area (Å²) in [6.45, 7) is 5.13. The van der Waals surface area contributed by atoms with E-state index in [1.54, 1.807) is 0 Å². The first kappa shape index (κ1) is 10.9. The highest BCUT2D eigenvalue weighted by Gasteiger charge is 2.14. The first-order valence-corrected chi connectivity index (χ1v) is 4.02. The number of ether oxygens (including phenoxy) is 1. The van der Waals surface area contributed by atoms with Crippen molar-refractivity contribution in [2.75, 3.05) is 27.2 Å². The number of aliphatic hydroxyl groups excluding tert-OH is 1. The number of hydrogen-bond donors (Lipinski definition) is 1. The normalized spacial score (nSPS) is 16.9. The second-order valence-electron chi connectivity index (χ2n) is 2.99. The fourth-order valence-electron chi connectivity index (χ4n) is 0.897. The Labute approximate surface area is 69.0 Å². The highest BCUT2D eigenvalue weighted by Crippen LogP contribution is 1.99. The monoisotopic (exact) mass is 161 g/mol. The van der Waals surface area contributed by atoms with Gasteiger partial charge < -0.3 is 14.7 Å². The summed E-state index contributed by atoms with van der Waals surface area (Å²) in [4.78, 5) is 1.94. The Morgan fingerprint density at radius 3 is 2.36 bits per heavy atom. The summed E-state index contributed by atoms with van der Waals surface area (Å²) in [5.41, 5.74) is 0. The first-order valence-electron chi connectivity index (χ1n) is 4.02. The van der Waals surface area contributed by atoms with Crippen molar-refractivity contribution in [3.05, 3.63) is 0 Å². The van der Waals surface area contributed by atoms with E-state index in [1.807, 2.05) is 32.8 Å². The summed E-state index contributed by atoms with van der Waals surface area (Å²) in [7, 11) is 3.86. The molecule has 2 unspecified atom stereocenters. The van der Waals surface area contributed by atoms with E-state index in [1.165, 1.54) is 0 Å². The standard InChI is InChI=1S/C8H19NO2/c1-5-11-7(2)8(10)6-9(3)4/h7-8,10H,5-6H2,1-4H3. The fraction of sp³-hybridized carbons (Fsp3) is 1.00. The maximum atomic E-state index is 9.45. The Bertz CT molecular complexity index is 96.1. The maximum Gasteiger partial charge on any atom is 0.0925 e. The van der Waals surface area contributed by atoms with Gasteiger partial charge in [-0.05, 0) is 27.9 Å². The van der Waals surface area contributed by atoms with Gasteiger partial charge in [0.05, 0.1) is 12.2 Å². The molecule has 0 amide bonds. The van der Waals surface area contributed by atoms with Gasteiger partial charge in [0.1, 0.15) is 0 Å². The molecule has 0 spiro atoms. The second-order valence-corrected chi connectivity index (χ2v) is 2.99. The minimum absolute atomic E-state index is 0.0672. The molecule has 11 heavy (non-hydrogen) atoms. The lowest BCUT2D eigenvalue weighted by atomic mass is 10.2. The molecule has 2 atom stereocenters. The Balaban J connectivity index is 3.54. The molecule has 0 aliphatic heterocycles. The van der Waals surface area contributed by atoms with Crippen LogP contribution in [0.1, 0.15) is 13.8 Å². The number of nitrogens with zero attached hydrogens (tertiary/aromatic N) is 1. The lowest BCUT2D eigenvalue weighted by Gasteiger charge is -2.21. The van der Waals surface area contributed by atoms with Gasteiger partial charge in [-0.3, -0.25) is 0 Å². The van der Waals surface area contributed by atoms with Crippen molar-refractivity contribution in [3.8, 4) is 0 Å². The Morgan fingerprint density at radius 1 is 1.45 bits per heavy atom. The fourth-order valence-corrected chi connectivity index (χ4v) is 0.897. The van der Waals surface area contributed by atoms with Crippen LogP contribution in [-0.2, 0) is 4.74 Å². The van der Waals surface area contributed by atoms with Gasteiger partial charge in [0.15, 0.2) is 0 Å². The van der Waals surface area contributed by atoms with Crippen LogP contribution in [0, 0.1) is 0 Å². The lowest BCUT2D eigenvalue weighted by Crippen LogP contribution is -2.35. The maximum absolute atomic E-state index is 9.45. The van der Waals surface area contributed by atoms with Crippen molar-refractivity contribution in [1.82, 2.24) is 4.90 Å². The predicted octanol–water partition coefficient (Wildman–Crippen LogP) is 0.334. The van der Waals surface area contributed by atoms with E-state index in [9.17, 15) is 5.11 Å². The molecule has 0 aliphatic carbocycles. The van der Waals surface area contributed by atoms with Crippen molar-refractivity contribution in [3.63, 3.8) is 0 Å². The van der Waals surface area contributed by atoms with Crippen molar-refractivity contribution >= 4 is 0 Å². The van der Waals surface area contributed by atoms with Gasteiger partial charge in [0.2, 0.25) is 0 Å². The predicted molar refractivity (Wildman–Crippen MR) is 45.6 cm³/mol. The molecule has 0 saturated heterocycles. The van der Waals surface area contributed by atoms with Crippen LogP contribution >= 0.6 is 0 Å². The number of rotatable bonds is 5. The third-order valence-corrected chi connectivity index (χ3v) is 1.52. The highest BCUT2D eigenvalue weighted by atomic mass is 16.5. The second kappa shape index (κ2) is 5.52. The molecule has 0 aromatic carbocycles. The molecular weight excluding hydrogens is 142 g/mol. The van der Waals surface area contributed by atoms with E-state index in [2.05, 4.69) is 0 Å². The molecule has 0 aliphatic rings. The topological polar surface area (TPSA) is 32.7 Å². The summed E-state index contributed by atoms with van der Waals surface area (Å²) in [5.74, 6) is 0. The third-order valence-electron chi connectivity index (χ3n) is 1.52. The molecule has 0 aromatic rings. The van der Waals surface area contributed by atoms with Gasteiger partial charge in [0, 0.05) is 13.2 Å².